The second-order valence-corrected chi connectivity index (χ2v) is 4.94. The van der Waals surface area contributed by atoms with Gasteiger partial charge in [-0.15, -0.1) is 0 Å². The molecule has 6 nitrogen and oxygen atoms in total. The van der Waals surface area contributed by atoms with E-state index in [2.05, 4.69) is 24.3 Å². The first kappa shape index (κ1) is 18.1. The first-order valence-electron chi connectivity index (χ1n) is 7.52. The summed E-state index contributed by atoms with van der Waals surface area (Å²) in [7, 11) is 3.64. The van der Waals surface area contributed by atoms with Crippen LogP contribution < -0.4 is 5.32 Å². The minimum absolute atomic E-state index is 0.605. The van der Waals surface area contributed by atoms with E-state index in [1.807, 2.05) is 11.7 Å². The van der Waals surface area contributed by atoms with E-state index in [4.69, 9.17) is 14.2 Å². The maximum absolute atomic E-state index is 5.56. The molecule has 0 spiro atoms. The molecule has 0 aliphatic rings. The Bertz CT molecular complexity index is 394. The number of hydrogen-bond acceptors (Lipinski definition) is 5. The normalized spacial score (nSPS) is 11.2. The van der Waals surface area contributed by atoms with Gasteiger partial charge in [0.15, 0.2) is 0 Å². The van der Waals surface area contributed by atoms with Crippen LogP contribution in [0, 0.1) is 13.8 Å². The molecule has 1 rings (SSSR count). The number of hydrogen-bond donors (Lipinski definition) is 1. The number of nitrogens with one attached hydrogen (secondary N) is 1. The van der Waals surface area contributed by atoms with Gasteiger partial charge in [0, 0.05) is 12.8 Å². The molecule has 1 aromatic rings. The second-order valence-electron chi connectivity index (χ2n) is 4.94. The van der Waals surface area contributed by atoms with Gasteiger partial charge in [0.05, 0.1) is 45.3 Å². The first-order chi connectivity index (χ1) is 10.2. The topological polar surface area (TPSA) is 57.5 Å². The van der Waals surface area contributed by atoms with Crippen molar-refractivity contribution in [2.24, 2.45) is 0 Å². The highest BCUT2D eigenvalue weighted by atomic mass is 16.5. The highest BCUT2D eigenvalue weighted by Gasteiger charge is 2.10. The standard InChI is InChI=1S/C15H29N3O3/c1-13-15(5-6-16-3)14(2)18(17-13)7-8-20-11-12-21-10-9-19-4/h16H,5-12H2,1-4H3. The van der Waals surface area contributed by atoms with Crippen LogP contribution >= 0.6 is 0 Å². The van der Waals surface area contributed by atoms with Crippen LogP contribution in [0.5, 0.6) is 0 Å². The van der Waals surface area contributed by atoms with Gasteiger partial charge in [-0.05, 0) is 39.4 Å². The smallest absolute Gasteiger partial charge is 0.0701 e. The van der Waals surface area contributed by atoms with Gasteiger partial charge in [0.1, 0.15) is 0 Å². The molecule has 0 saturated heterocycles. The maximum Gasteiger partial charge on any atom is 0.0701 e. The van der Waals surface area contributed by atoms with Gasteiger partial charge < -0.3 is 19.5 Å². The van der Waals surface area contributed by atoms with Gasteiger partial charge in [0.25, 0.3) is 0 Å². The molecule has 0 bridgehead atoms. The van der Waals surface area contributed by atoms with Crippen molar-refractivity contribution in [3.63, 3.8) is 0 Å². The van der Waals surface area contributed by atoms with Crippen LogP contribution in [-0.2, 0) is 27.2 Å². The lowest BCUT2D eigenvalue weighted by Gasteiger charge is -2.07. The summed E-state index contributed by atoms with van der Waals surface area (Å²) in [5.41, 5.74) is 3.69. The molecule has 122 valence electrons. The number of likely N-dealkylation sites (N-methyl/N-ethyl adjacent to an activating group) is 1. The van der Waals surface area contributed by atoms with Crippen molar-refractivity contribution in [1.29, 1.82) is 0 Å². The summed E-state index contributed by atoms with van der Waals surface area (Å²) in [6.45, 7) is 9.06. The SMILES string of the molecule is CNCCc1c(C)nn(CCOCCOCCOC)c1C. The quantitative estimate of drug-likeness (QED) is 0.582. The van der Waals surface area contributed by atoms with E-state index in [-0.39, 0.29) is 0 Å². The summed E-state index contributed by atoms with van der Waals surface area (Å²) >= 11 is 0. The van der Waals surface area contributed by atoms with E-state index in [0.29, 0.717) is 33.0 Å². The van der Waals surface area contributed by atoms with Crippen molar-refractivity contribution >= 4 is 0 Å². The van der Waals surface area contributed by atoms with Crippen LogP contribution in [0.15, 0.2) is 0 Å². The molecule has 0 fully saturated rings. The summed E-state index contributed by atoms with van der Waals surface area (Å²) in [6, 6.07) is 0. The summed E-state index contributed by atoms with van der Waals surface area (Å²) in [6.07, 6.45) is 1.02. The molecule has 21 heavy (non-hydrogen) atoms. The Hall–Kier alpha value is -0.950. The average Bonchev–Trinajstić information content (AvgIpc) is 2.74. The summed E-state index contributed by atoms with van der Waals surface area (Å²) < 4.78 is 17.8. The van der Waals surface area contributed by atoms with E-state index in [9.17, 15) is 0 Å². The number of nitrogens with zero attached hydrogens (tertiary/aromatic N) is 2. The Morgan fingerprint density at radius 2 is 1.71 bits per heavy atom. The molecule has 1 heterocycles. The van der Waals surface area contributed by atoms with Gasteiger partial charge in [-0.3, -0.25) is 4.68 Å². The number of aromatic nitrogens is 2. The number of aryl methyl sites for hydroxylation is 1. The zero-order valence-electron chi connectivity index (χ0n) is 13.8. The van der Waals surface area contributed by atoms with Crippen molar-refractivity contribution < 1.29 is 14.2 Å². The van der Waals surface area contributed by atoms with Crippen LogP contribution in [0.25, 0.3) is 0 Å². The molecule has 0 unspecified atom stereocenters. The van der Waals surface area contributed by atoms with Crippen LogP contribution in [0.2, 0.25) is 0 Å². The zero-order valence-corrected chi connectivity index (χ0v) is 13.8. The molecular formula is C15H29N3O3. The summed E-state index contributed by atoms with van der Waals surface area (Å²) in [4.78, 5) is 0. The molecule has 0 radical (unpaired) electrons. The molecule has 0 saturated carbocycles. The molecule has 0 aliphatic carbocycles. The third-order valence-corrected chi connectivity index (χ3v) is 3.41. The van der Waals surface area contributed by atoms with Crippen LogP contribution in [0.1, 0.15) is 17.0 Å². The van der Waals surface area contributed by atoms with Crippen LogP contribution in [0.3, 0.4) is 0 Å². The van der Waals surface area contributed by atoms with Gasteiger partial charge in [-0.25, -0.2) is 0 Å². The Labute approximate surface area is 127 Å². The molecule has 6 heteroatoms. The fraction of sp³-hybridized carbons (Fsp3) is 0.800. The molecule has 0 amide bonds. The van der Waals surface area contributed by atoms with E-state index >= 15 is 0 Å². The number of rotatable bonds is 12. The average molecular weight is 299 g/mol. The Balaban J connectivity index is 2.23. The van der Waals surface area contributed by atoms with Gasteiger partial charge in [-0.1, -0.05) is 0 Å². The third-order valence-electron chi connectivity index (χ3n) is 3.41. The van der Waals surface area contributed by atoms with Gasteiger partial charge in [0.2, 0.25) is 0 Å². The van der Waals surface area contributed by atoms with Crippen molar-refractivity contribution in [2.45, 2.75) is 26.8 Å². The minimum Gasteiger partial charge on any atom is -0.382 e. The lowest BCUT2D eigenvalue weighted by molar-refractivity contribution is 0.0224. The predicted molar refractivity (Wildman–Crippen MR) is 82.8 cm³/mol. The molecule has 1 N–H and O–H groups in total. The lowest BCUT2D eigenvalue weighted by Crippen LogP contribution is -2.14. The molecule has 1 aromatic heterocycles. The third kappa shape index (κ3) is 6.56. The van der Waals surface area contributed by atoms with Crippen LogP contribution in [0.4, 0.5) is 0 Å². The molecule has 0 aromatic carbocycles. The van der Waals surface area contributed by atoms with Crippen LogP contribution in [-0.4, -0.2) is 63.5 Å². The first-order valence-corrected chi connectivity index (χ1v) is 7.52. The van der Waals surface area contributed by atoms with E-state index in [1.54, 1.807) is 7.11 Å². The largest absolute Gasteiger partial charge is 0.382 e. The summed E-state index contributed by atoms with van der Waals surface area (Å²) in [5.74, 6) is 0. The van der Waals surface area contributed by atoms with Crippen molar-refractivity contribution in [3.8, 4) is 0 Å². The Kier molecular flexibility index (Phi) is 9.25. The van der Waals surface area contributed by atoms with E-state index < -0.39 is 0 Å². The summed E-state index contributed by atoms with van der Waals surface area (Å²) in [5, 5.41) is 7.76. The molecule has 0 atom stereocenters. The zero-order chi connectivity index (χ0) is 15.5. The number of ether oxygens (including phenoxy) is 3. The van der Waals surface area contributed by atoms with Crippen molar-refractivity contribution in [2.75, 3.05) is 53.7 Å². The minimum atomic E-state index is 0.605. The predicted octanol–water partition coefficient (Wildman–Crippen LogP) is 0.941. The van der Waals surface area contributed by atoms with E-state index in [0.717, 1.165) is 25.2 Å². The van der Waals surface area contributed by atoms with Gasteiger partial charge >= 0.3 is 0 Å². The Morgan fingerprint density at radius 3 is 2.38 bits per heavy atom. The highest BCUT2D eigenvalue weighted by Crippen LogP contribution is 2.13. The fourth-order valence-corrected chi connectivity index (χ4v) is 2.18. The van der Waals surface area contributed by atoms with Crippen molar-refractivity contribution in [1.82, 2.24) is 15.1 Å². The number of methoxy groups -OCH3 is 1. The van der Waals surface area contributed by atoms with Crippen molar-refractivity contribution in [3.05, 3.63) is 17.0 Å². The highest BCUT2D eigenvalue weighted by molar-refractivity contribution is 5.24. The fourth-order valence-electron chi connectivity index (χ4n) is 2.18. The second kappa shape index (κ2) is 10.7. The lowest BCUT2D eigenvalue weighted by atomic mass is 10.1. The molecular weight excluding hydrogens is 270 g/mol. The maximum atomic E-state index is 5.56. The molecule has 0 aliphatic heterocycles. The van der Waals surface area contributed by atoms with E-state index in [1.165, 1.54) is 11.3 Å². The van der Waals surface area contributed by atoms with Gasteiger partial charge in [-0.2, -0.15) is 5.10 Å². The monoisotopic (exact) mass is 299 g/mol. The Morgan fingerprint density at radius 1 is 1.05 bits per heavy atom.